The minimum atomic E-state index is 0.823. The van der Waals surface area contributed by atoms with Gasteiger partial charge in [0.05, 0.1) is 0 Å². The van der Waals surface area contributed by atoms with Gasteiger partial charge in [0.15, 0.2) is 5.58 Å². The summed E-state index contributed by atoms with van der Waals surface area (Å²) in [4.78, 5) is 4.58. The van der Waals surface area contributed by atoms with E-state index in [0.717, 1.165) is 23.3 Å². The van der Waals surface area contributed by atoms with Crippen molar-refractivity contribution >= 4 is 33.5 Å². The van der Waals surface area contributed by atoms with E-state index in [4.69, 9.17) is 4.42 Å². The van der Waals surface area contributed by atoms with Gasteiger partial charge in [-0.3, -0.25) is 4.98 Å². The van der Waals surface area contributed by atoms with Crippen molar-refractivity contribution in [3.05, 3.63) is 113 Å². The molecule has 0 radical (unpaired) electrons. The van der Waals surface area contributed by atoms with E-state index in [-0.39, 0.29) is 0 Å². The van der Waals surface area contributed by atoms with E-state index in [9.17, 15) is 0 Å². The smallest absolute Gasteiger partial charge is 0.153 e. The summed E-state index contributed by atoms with van der Waals surface area (Å²) in [5, 5.41) is 2.50. The molecular formula is C26H17NO. The molecule has 0 N–H and O–H groups in total. The Morgan fingerprint density at radius 3 is 2.61 bits per heavy atom. The Balaban J connectivity index is 1.65. The maximum atomic E-state index is 6.20. The third-order valence-electron chi connectivity index (χ3n) is 5.58. The van der Waals surface area contributed by atoms with Gasteiger partial charge >= 0.3 is 0 Å². The maximum Gasteiger partial charge on any atom is 0.153 e. The number of benzene rings is 3. The largest absolute Gasteiger partial charge is 0.455 e. The van der Waals surface area contributed by atoms with Crippen molar-refractivity contribution in [2.45, 2.75) is 6.42 Å². The van der Waals surface area contributed by atoms with E-state index >= 15 is 0 Å². The highest BCUT2D eigenvalue weighted by Crippen LogP contribution is 2.38. The lowest BCUT2D eigenvalue weighted by molar-refractivity contribution is 0.600. The fraction of sp³-hybridized carbons (Fsp3) is 0.0385. The van der Waals surface area contributed by atoms with Crippen molar-refractivity contribution in [3.63, 3.8) is 0 Å². The maximum absolute atomic E-state index is 6.20. The van der Waals surface area contributed by atoms with Crippen LogP contribution in [0.4, 0.5) is 0 Å². The number of hydrogen-bond donors (Lipinski definition) is 0. The van der Waals surface area contributed by atoms with E-state index in [2.05, 4.69) is 77.8 Å². The topological polar surface area (TPSA) is 26.0 Å². The summed E-state index contributed by atoms with van der Waals surface area (Å²) in [6, 6.07) is 27.7. The minimum Gasteiger partial charge on any atom is -0.455 e. The van der Waals surface area contributed by atoms with Gasteiger partial charge in [-0.1, -0.05) is 60.7 Å². The van der Waals surface area contributed by atoms with Crippen LogP contribution < -0.4 is 0 Å². The third kappa shape index (κ3) is 2.31. The molecule has 0 atom stereocenters. The monoisotopic (exact) mass is 359 g/mol. The van der Waals surface area contributed by atoms with Gasteiger partial charge in [0.1, 0.15) is 11.3 Å². The van der Waals surface area contributed by atoms with Gasteiger partial charge < -0.3 is 4.42 Å². The first-order valence-corrected chi connectivity index (χ1v) is 9.52. The zero-order valence-corrected chi connectivity index (χ0v) is 15.2. The molecule has 28 heavy (non-hydrogen) atoms. The van der Waals surface area contributed by atoms with Gasteiger partial charge in [0.25, 0.3) is 0 Å². The fourth-order valence-electron chi connectivity index (χ4n) is 4.22. The molecule has 2 nitrogen and oxygen atoms in total. The molecule has 132 valence electrons. The van der Waals surface area contributed by atoms with E-state index in [0.29, 0.717) is 0 Å². The van der Waals surface area contributed by atoms with Crippen molar-refractivity contribution in [2.24, 2.45) is 0 Å². The number of furan rings is 1. The predicted molar refractivity (Wildman–Crippen MR) is 114 cm³/mol. The molecule has 1 aliphatic carbocycles. The van der Waals surface area contributed by atoms with Gasteiger partial charge in [0.2, 0.25) is 0 Å². The van der Waals surface area contributed by atoms with Crippen LogP contribution in [0.2, 0.25) is 0 Å². The summed E-state index contributed by atoms with van der Waals surface area (Å²) >= 11 is 0. The SMILES string of the molecule is C1=C(c2ccc3ccccc3c2)c2ccccc2Cc2c1oc1cccnc21. The molecule has 0 amide bonds. The Kier molecular flexibility index (Phi) is 3.26. The number of hydrogen-bond acceptors (Lipinski definition) is 2. The molecule has 0 saturated carbocycles. The highest BCUT2D eigenvalue weighted by atomic mass is 16.3. The lowest BCUT2D eigenvalue weighted by Gasteiger charge is -2.12. The third-order valence-corrected chi connectivity index (χ3v) is 5.58. The van der Waals surface area contributed by atoms with Crippen LogP contribution in [0.1, 0.15) is 28.0 Å². The van der Waals surface area contributed by atoms with Crippen LogP contribution in [0.15, 0.2) is 89.5 Å². The first-order valence-electron chi connectivity index (χ1n) is 9.52. The molecule has 0 fully saturated rings. The number of aromatic nitrogens is 1. The minimum absolute atomic E-state index is 0.823. The second-order valence-corrected chi connectivity index (χ2v) is 7.25. The summed E-state index contributed by atoms with van der Waals surface area (Å²) in [6.45, 7) is 0. The lowest BCUT2D eigenvalue weighted by Crippen LogP contribution is -1.94. The molecule has 1 aliphatic rings. The average Bonchev–Trinajstić information content (AvgIpc) is 3.00. The molecule has 3 aromatic carbocycles. The highest BCUT2D eigenvalue weighted by Gasteiger charge is 2.22. The van der Waals surface area contributed by atoms with E-state index < -0.39 is 0 Å². The van der Waals surface area contributed by atoms with Crippen LogP contribution in [-0.4, -0.2) is 4.98 Å². The predicted octanol–water partition coefficient (Wildman–Crippen LogP) is 6.47. The summed E-state index contributed by atoms with van der Waals surface area (Å²) < 4.78 is 6.20. The van der Waals surface area contributed by atoms with Crippen LogP contribution in [0.3, 0.4) is 0 Å². The summed E-state index contributed by atoms with van der Waals surface area (Å²) in [7, 11) is 0. The van der Waals surface area contributed by atoms with Crippen molar-refractivity contribution < 1.29 is 4.42 Å². The van der Waals surface area contributed by atoms with Crippen LogP contribution in [-0.2, 0) is 6.42 Å². The van der Waals surface area contributed by atoms with Crippen molar-refractivity contribution in [1.29, 1.82) is 0 Å². The van der Waals surface area contributed by atoms with E-state index in [1.165, 1.54) is 38.6 Å². The molecule has 2 aromatic heterocycles. The Morgan fingerprint density at radius 1 is 0.786 bits per heavy atom. The summed E-state index contributed by atoms with van der Waals surface area (Å²) in [6.07, 6.45) is 4.85. The van der Waals surface area contributed by atoms with Crippen molar-refractivity contribution in [1.82, 2.24) is 4.98 Å². The average molecular weight is 359 g/mol. The van der Waals surface area contributed by atoms with Crippen molar-refractivity contribution in [3.8, 4) is 0 Å². The molecule has 2 heteroatoms. The van der Waals surface area contributed by atoms with Crippen molar-refractivity contribution in [2.75, 3.05) is 0 Å². The molecule has 2 heterocycles. The van der Waals surface area contributed by atoms with Gasteiger partial charge in [-0.05, 0) is 57.3 Å². The zero-order chi connectivity index (χ0) is 18.5. The number of fused-ring (bicyclic) bond motifs is 5. The second kappa shape index (κ2) is 5.93. The van der Waals surface area contributed by atoms with Crippen LogP contribution in [0.5, 0.6) is 0 Å². The van der Waals surface area contributed by atoms with Gasteiger partial charge in [-0.2, -0.15) is 0 Å². The molecular weight excluding hydrogens is 342 g/mol. The number of rotatable bonds is 1. The zero-order valence-electron chi connectivity index (χ0n) is 15.2. The molecule has 5 aromatic rings. The molecule has 0 saturated heterocycles. The number of nitrogens with zero attached hydrogens (tertiary/aromatic N) is 1. The van der Waals surface area contributed by atoms with E-state index in [1.807, 2.05) is 18.3 Å². The van der Waals surface area contributed by atoms with E-state index in [1.54, 1.807) is 0 Å². The van der Waals surface area contributed by atoms with Crippen LogP contribution in [0.25, 0.3) is 33.5 Å². The summed E-state index contributed by atoms with van der Waals surface area (Å²) in [5.74, 6) is 0.910. The first-order chi connectivity index (χ1) is 13.9. The first kappa shape index (κ1) is 15.4. The molecule has 0 bridgehead atoms. The standard InChI is InChI=1S/C26H17NO/c1-2-7-18-14-20(12-11-17(18)6-1)22-16-25-23(15-19-8-3-4-9-21(19)22)26-24(28-25)10-5-13-27-26/h1-14,16H,15H2. The number of pyridine rings is 1. The Bertz CT molecular complexity index is 1390. The Morgan fingerprint density at radius 2 is 1.64 bits per heavy atom. The van der Waals surface area contributed by atoms with Gasteiger partial charge in [-0.15, -0.1) is 0 Å². The van der Waals surface area contributed by atoms with Gasteiger partial charge in [-0.25, -0.2) is 0 Å². The summed E-state index contributed by atoms with van der Waals surface area (Å²) in [5.41, 5.74) is 7.93. The quantitative estimate of drug-likeness (QED) is 0.336. The fourth-order valence-corrected chi connectivity index (χ4v) is 4.22. The lowest BCUT2D eigenvalue weighted by atomic mass is 9.92. The Labute approximate surface area is 162 Å². The second-order valence-electron chi connectivity index (χ2n) is 7.25. The molecule has 6 rings (SSSR count). The molecule has 0 unspecified atom stereocenters. The Hall–Kier alpha value is -3.65. The molecule has 0 aliphatic heterocycles. The molecule has 0 spiro atoms. The highest BCUT2D eigenvalue weighted by molar-refractivity contribution is 5.98. The van der Waals surface area contributed by atoms with Gasteiger partial charge in [0, 0.05) is 18.2 Å². The normalized spacial score (nSPS) is 13.1. The van der Waals surface area contributed by atoms with Crippen LogP contribution in [0, 0.1) is 0 Å². The van der Waals surface area contributed by atoms with Crippen LogP contribution >= 0.6 is 0 Å².